The van der Waals surface area contributed by atoms with Crippen molar-refractivity contribution >= 4 is 33.3 Å². The second kappa shape index (κ2) is 7.82. The molecule has 2 aromatic heterocycles. The molecule has 1 fully saturated rings. The summed E-state index contributed by atoms with van der Waals surface area (Å²) in [4.78, 5) is 6.75. The molecule has 3 aromatic rings. The molecule has 4 rings (SSSR count). The van der Waals surface area contributed by atoms with Crippen molar-refractivity contribution in [2.24, 2.45) is 0 Å². The van der Waals surface area contributed by atoms with E-state index in [1.54, 1.807) is 0 Å². The van der Waals surface area contributed by atoms with Crippen molar-refractivity contribution < 1.29 is 4.42 Å². The van der Waals surface area contributed by atoms with E-state index in [1.165, 1.54) is 0 Å². The Labute approximate surface area is 172 Å². The number of thiocarbonyl (C=S) groups is 1. The Bertz CT molecular complexity index is 926. The molecule has 27 heavy (non-hydrogen) atoms. The van der Waals surface area contributed by atoms with E-state index < -0.39 is 0 Å². The van der Waals surface area contributed by atoms with Gasteiger partial charge in [-0.15, -0.1) is 0 Å². The van der Waals surface area contributed by atoms with Crippen LogP contribution in [0.15, 0.2) is 69.7 Å². The van der Waals surface area contributed by atoms with Gasteiger partial charge in [0.1, 0.15) is 17.6 Å². The van der Waals surface area contributed by atoms with Gasteiger partial charge in [-0.1, -0.05) is 41.1 Å². The lowest BCUT2D eigenvalue weighted by Gasteiger charge is -2.25. The molecule has 2 unspecified atom stereocenters. The van der Waals surface area contributed by atoms with E-state index in [-0.39, 0.29) is 12.1 Å². The minimum absolute atomic E-state index is 0.0171. The van der Waals surface area contributed by atoms with E-state index in [9.17, 15) is 0 Å². The van der Waals surface area contributed by atoms with E-state index in [1.807, 2.05) is 54.7 Å². The number of pyridine rings is 1. The van der Waals surface area contributed by atoms with Crippen molar-refractivity contribution in [2.75, 3.05) is 6.54 Å². The normalized spacial score (nSPS) is 19.3. The summed E-state index contributed by atoms with van der Waals surface area (Å²) >= 11 is 9.09. The number of hydrogen-bond donors (Lipinski definition) is 1. The maximum atomic E-state index is 6.29. The third-order valence-corrected chi connectivity index (χ3v) is 5.59. The second-order valence-corrected chi connectivity index (χ2v) is 7.83. The Morgan fingerprint density at radius 3 is 2.67 bits per heavy atom. The molecule has 0 spiro atoms. The van der Waals surface area contributed by atoms with Gasteiger partial charge in [-0.3, -0.25) is 4.98 Å². The fourth-order valence-electron chi connectivity index (χ4n) is 3.48. The van der Waals surface area contributed by atoms with E-state index >= 15 is 0 Å². The van der Waals surface area contributed by atoms with Gasteiger partial charge in [0.15, 0.2) is 5.11 Å². The predicted octanol–water partition coefficient (Wildman–Crippen LogP) is 5.49. The van der Waals surface area contributed by atoms with E-state index in [2.05, 4.69) is 44.1 Å². The van der Waals surface area contributed by atoms with E-state index in [0.29, 0.717) is 0 Å². The highest BCUT2D eigenvalue weighted by atomic mass is 79.9. The Morgan fingerprint density at radius 1 is 1.15 bits per heavy atom. The van der Waals surface area contributed by atoms with E-state index in [4.69, 9.17) is 16.6 Å². The number of nitrogens with zero attached hydrogens (tertiary/aromatic N) is 2. The molecule has 4 nitrogen and oxygen atoms in total. The number of benzene rings is 1. The molecule has 0 bridgehead atoms. The first-order chi connectivity index (χ1) is 13.2. The highest BCUT2D eigenvalue weighted by molar-refractivity contribution is 9.10. The average Bonchev–Trinajstić information content (AvgIpc) is 3.29. The monoisotopic (exact) mass is 441 g/mol. The molecule has 0 aliphatic carbocycles. The molecular formula is C21H20BrN3OS. The lowest BCUT2D eigenvalue weighted by Crippen LogP contribution is -2.30. The molecule has 0 radical (unpaired) electrons. The molecule has 1 aliphatic heterocycles. The number of aromatic nitrogens is 1. The zero-order chi connectivity index (χ0) is 18.8. The van der Waals surface area contributed by atoms with Crippen LogP contribution in [0.2, 0.25) is 0 Å². The number of hydrogen-bond acceptors (Lipinski definition) is 3. The van der Waals surface area contributed by atoms with Crippen LogP contribution in [0.3, 0.4) is 0 Å². The molecule has 0 saturated carbocycles. The second-order valence-electron chi connectivity index (χ2n) is 6.53. The molecule has 1 aliphatic rings. The van der Waals surface area contributed by atoms with Gasteiger partial charge in [0.25, 0.3) is 0 Å². The lowest BCUT2D eigenvalue weighted by molar-refractivity contribution is 0.275. The predicted molar refractivity (Wildman–Crippen MR) is 114 cm³/mol. The molecule has 138 valence electrons. The van der Waals surface area contributed by atoms with Gasteiger partial charge in [0, 0.05) is 22.8 Å². The Morgan fingerprint density at radius 2 is 1.96 bits per heavy atom. The third kappa shape index (κ3) is 3.64. The average molecular weight is 442 g/mol. The van der Waals surface area contributed by atoms with Crippen molar-refractivity contribution in [3.63, 3.8) is 0 Å². The zero-order valence-corrected chi connectivity index (χ0v) is 17.3. The van der Waals surface area contributed by atoms with Crippen molar-refractivity contribution in [2.45, 2.75) is 25.4 Å². The summed E-state index contributed by atoms with van der Waals surface area (Å²) in [5, 5.41) is 4.19. The van der Waals surface area contributed by atoms with Gasteiger partial charge in [-0.2, -0.15) is 0 Å². The minimum atomic E-state index is -0.0332. The summed E-state index contributed by atoms with van der Waals surface area (Å²) < 4.78 is 7.33. The highest BCUT2D eigenvalue weighted by Gasteiger charge is 2.41. The molecular weight excluding hydrogens is 422 g/mol. The molecule has 1 aromatic carbocycles. The first-order valence-corrected chi connectivity index (χ1v) is 10.2. The van der Waals surface area contributed by atoms with Gasteiger partial charge < -0.3 is 14.6 Å². The molecule has 1 saturated heterocycles. The first kappa shape index (κ1) is 18.2. The number of furan rings is 1. The topological polar surface area (TPSA) is 41.3 Å². The van der Waals surface area contributed by atoms with Crippen LogP contribution in [0.25, 0.3) is 11.3 Å². The van der Waals surface area contributed by atoms with Crippen LogP contribution in [0.1, 0.15) is 36.9 Å². The van der Waals surface area contributed by atoms with Crippen molar-refractivity contribution in [1.82, 2.24) is 15.2 Å². The summed E-state index contributed by atoms with van der Waals surface area (Å²) in [6.07, 6.45) is 2.82. The number of nitrogens with one attached hydrogen (secondary N) is 1. The fraction of sp³-hybridized carbons (Fsp3) is 0.238. The maximum Gasteiger partial charge on any atom is 0.170 e. The van der Waals surface area contributed by atoms with Crippen LogP contribution in [-0.4, -0.2) is 21.5 Å². The standard InChI is InChI=1S/C21H20BrN3OS/c1-2-13-25-20(19(24-21(25)27)16-5-3-4-12-23-16)18-11-10-17(26-18)14-6-8-15(22)9-7-14/h3-12,19-20H,2,13H2,1H3,(H,24,27). The van der Waals surface area contributed by atoms with Crippen LogP contribution >= 0.6 is 28.1 Å². The summed E-state index contributed by atoms with van der Waals surface area (Å²) in [6, 6.07) is 18.1. The van der Waals surface area contributed by atoms with Crippen LogP contribution in [-0.2, 0) is 0 Å². The molecule has 6 heteroatoms. The summed E-state index contributed by atoms with van der Waals surface area (Å²) in [5.74, 6) is 1.75. The molecule has 1 N–H and O–H groups in total. The van der Waals surface area contributed by atoms with Crippen molar-refractivity contribution in [1.29, 1.82) is 0 Å². The summed E-state index contributed by atoms with van der Waals surface area (Å²) in [7, 11) is 0. The maximum absolute atomic E-state index is 6.29. The summed E-state index contributed by atoms with van der Waals surface area (Å²) in [5.41, 5.74) is 2.01. The SMILES string of the molecule is CCCN1C(=S)NC(c2ccccn2)C1c1ccc(-c2ccc(Br)cc2)o1. The largest absolute Gasteiger partial charge is 0.459 e. The zero-order valence-electron chi connectivity index (χ0n) is 14.9. The van der Waals surface area contributed by atoms with Gasteiger partial charge in [-0.05, 0) is 55.0 Å². The van der Waals surface area contributed by atoms with Crippen LogP contribution in [0, 0.1) is 0 Å². The Hall–Kier alpha value is -2.18. The first-order valence-electron chi connectivity index (χ1n) is 9.01. The van der Waals surface area contributed by atoms with Crippen molar-refractivity contribution in [3.05, 3.63) is 76.7 Å². The summed E-state index contributed by atoms with van der Waals surface area (Å²) in [6.45, 7) is 3.03. The number of rotatable bonds is 5. The van der Waals surface area contributed by atoms with Crippen LogP contribution in [0.4, 0.5) is 0 Å². The third-order valence-electron chi connectivity index (χ3n) is 4.71. The van der Waals surface area contributed by atoms with E-state index in [0.717, 1.165) is 45.3 Å². The van der Waals surface area contributed by atoms with Crippen LogP contribution < -0.4 is 5.32 Å². The molecule has 2 atom stereocenters. The molecule has 0 amide bonds. The van der Waals surface area contributed by atoms with Crippen molar-refractivity contribution in [3.8, 4) is 11.3 Å². The number of halogens is 1. The van der Waals surface area contributed by atoms with Crippen LogP contribution in [0.5, 0.6) is 0 Å². The highest BCUT2D eigenvalue weighted by Crippen LogP contribution is 2.40. The Balaban J connectivity index is 1.71. The van der Waals surface area contributed by atoms with Gasteiger partial charge in [0.05, 0.1) is 11.7 Å². The molecule has 3 heterocycles. The minimum Gasteiger partial charge on any atom is -0.459 e. The lowest BCUT2D eigenvalue weighted by atomic mass is 10.0. The Kier molecular flexibility index (Phi) is 5.27. The fourth-order valence-corrected chi connectivity index (χ4v) is 4.07. The van der Waals surface area contributed by atoms with Gasteiger partial charge in [-0.25, -0.2) is 0 Å². The quantitative estimate of drug-likeness (QED) is 0.530. The van der Waals surface area contributed by atoms with Gasteiger partial charge >= 0.3 is 0 Å². The van der Waals surface area contributed by atoms with Gasteiger partial charge in [0.2, 0.25) is 0 Å². The smallest absolute Gasteiger partial charge is 0.170 e.